The number of phenols is 1. The Labute approximate surface area is 109 Å². The minimum absolute atomic E-state index is 0.103. The number of nitrogens with one attached hydrogen (secondary N) is 1. The number of benzene rings is 2. The minimum atomic E-state index is -0.755. The van der Waals surface area contributed by atoms with E-state index in [0.29, 0.717) is 5.69 Å². The van der Waals surface area contributed by atoms with Crippen molar-refractivity contribution in [2.75, 3.05) is 5.73 Å². The lowest BCUT2D eigenvalue weighted by Crippen LogP contribution is -2.23. The van der Waals surface area contributed by atoms with Crippen LogP contribution < -0.4 is 11.1 Å². The lowest BCUT2D eigenvalue weighted by Gasteiger charge is -2.07. The Balaban J connectivity index is 2.03. The van der Waals surface area contributed by atoms with Gasteiger partial charge >= 0.3 is 0 Å². The summed E-state index contributed by atoms with van der Waals surface area (Å²) in [5.41, 5.74) is 6.94. The second-order valence-electron chi connectivity index (χ2n) is 4.09. The molecule has 0 radical (unpaired) electrons. The highest BCUT2D eigenvalue weighted by Crippen LogP contribution is 2.15. The molecule has 2 aromatic carbocycles. The third kappa shape index (κ3) is 3.22. The van der Waals surface area contributed by atoms with Crippen LogP contribution in [-0.2, 0) is 6.54 Å². The number of hydrogen-bond acceptors (Lipinski definition) is 3. The summed E-state index contributed by atoms with van der Waals surface area (Å²) >= 11 is 0. The zero-order chi connectivity index (χ0) is 13.8. The fraction of sp³-hybridized carbons (Fsp3) is 0.0714. The SMILES string of the molecule is Nc1ccc(CNC(=O)c2ccc(O)cc2F)cc1. The smallest absolute Gasteiger partial charge is 0.254 e. The Morgan fingerprint density at radius 3 is 2.53 bits per heavy atom. The van der Waals surface area contributed by atoms with Crippen LogP contribution in [0.5, 0.6) is 5.75 Å². The van der Waals surface area contributed by atoms with Crippen LogP contribution in [0.2, 0.25) is 0 Å². The third-order valence-corrected chi connectivity index (χ3v) is 2.63. The maximum atomic E-state index is 13.4. The van der Waals surface area contributed by atoms with Gasteiger partial charge in [0.15, 0.2) is 0 Å². The molecule has 4 nitrogen and oxygen atoms in total. The standard InChI is InChI=1S/C14H13FN2O2/c15-13-7-11(18)5-6-12(13)14(19)17-8-9-1-3-10(16)4-2-9/h1-7,18H,8,16H2,(H,17,19). The Hall–Kier alpha value is -2.56. The molecule has 0 aliphatic rings. The Morgan fingerprint density at radius 2 is 1.89 bits per heavy atom. The van der Waals surface area contributed by atoms with Gasteiger partial charge in [-0.2, -0.15) is 0 Å². The maximum Gasteiger partial charge on any atom is 0.254 e. The number of halogens is 1. The Bertz CT molecular complexity index is 597. The van der Waals surface area contributed by atoms with Crippen molar-refractivity contribution in [1.29, 1.82) is 0 Å². The zero-order valence-electron chi connectivity index (χ0n) is 10.1. The number of carbonyl (C=O) groups is 1. The quantitative estimate of drug-likeness (QED) is 0.739. The van der Waals surface area contributed by atoms with Crippen LogP contribution in [-0.4, -0.2) is 11.0 Å². The van der Waals surface area contributed by atoms with Crippen molar-refractivity contribution in [3.8, 4) is 5.75 Å². The molecule has 5 heteroatoms. The number of nitrogen functional groups attached to an aromatic ring is 1. The predicted octanol–water partition coefficient (Wildman–Crippen LogP) is 2.04. The van der Waals surface area contributed by atoms with Crippen molar-refractivity contribution in [3.63, 3.8) is 0 Å². The molecule has 0 fully saturated rings. The van der Waals surface area contributed by atoms with Gasteiger partial charge in [-0.15, -0.1) is 0 Å². The van der Waals surface area contributed by atoms with Gasteiger partial charge in [0.25, 0.3) is 5.91 Å². The van der Waals surface area contributed by atoms with Gasteiger partial charge in [0.2, 0.25) is 0 Å². The normalized spacial score (nSPS) is 10.2. The van der Waals surface area contributed by atoms with E-state index < -0.39 is 11.7 Å². The van der Waals surface area contributed by atoms with Gasteiger partial charge in [-0.1, -0.05) is 12.1 Å². The highest BCUT2D eigenvalue weighted by molar-refractivity contribution is 5.94. The van der Waals surface area contributed by atoms with Gasteiger partial charge in [0, 0.05) is 18.3 Å². The average Bonchev–Trinajstić information content (AvgIpc) is 2.37. The summed E-state index contributed by atoms with van der Waals surface area (Å²) in [6, 6.07) is 10.4. The molecular formula is C14H13FN2O2. The molecule has 2 aromatic rings. The van der Waals surface area contributed by atoms with Gasteiger partial charge in [-0.3, -0.25) is 4.79 Å². The van der Waals surface area contributed by atoms with E-state index in [9.17, 15) is 9.18 Å². The van der Waals surface area contributed by atoms with Crippen molar-refractivity contribution in [1.82, 2.24) is 5.32 Å². The Kier molecular flexibility index (Phi) is 3.66. The first-order chi connectivity index (χ1) is 9.06. The van der Waals surface area contributed by atoms with Crippen LogP contribution in [0.1, 0.15) is 15.9 Å². The lowest BCUT2D eigenvalue weighted by atomic mass is 10.1. The molecule has 4 N–H and O–H groups in total. The van der Waals surface area contributed by atoms with Crippen LogP contribution in [0.25, 0.3) is 0 Å². The first-order valence-electron chi connectivity index (χ1n) is 5.67. The number of amides is 1. The van der Waals surface area contributed by atoms with Crippen molar-refractivity contribution >= 4 is 11.6 Å². The van der Waals surface area contributed by atoms with E-state index in [4.69, 9.17) is 10.8 Å². The van der Waals surface area contributed by atoms with Crippen molar-refractivity contribution in [2.24, 2.45) is 0 Å². The molecule has 0 aromatic heterocycles. The summed E-state index contributed by atoms with van der Waals surface area (Å²) in [7, 11) is 0. The van der Waals surface area contributed by atoms with E-state index in [0.717, 1.165) is 11.6 Å². The summed E-state index contributed by atoms with van der Waals surface area (Å²) in [4.78, 5) is 11.8. The number of hydrogen-bond donors (Lipinski definition) is 3. The fourth-order valence-corrected chi connectivity index (χ4v) is 1.60. The molecule has 0 aliphatic heterocycles. The van der Waals surface area contributed by atoms with Crippen LogP contribution in [0.4, 0.5) is 10.1 Å². The molecule has 2 rings (SSSR count). The first kappa shape index (κ1) is 12.9. The minimum Gasteiger partial charge on any atom is -0.508 e. The summed E-state index contributed by atoms with van der Waals surface area (Å²) in [6.07, 6.45) is 0. The van der Waals surface area contributed by atoms with Crippen LogP contribution in [0, 0.1) is 5.82 Å². The van der Waals surface area contributed by atoms with Crippen LogP contribution in [0.3, 0.4) is 0 Å². The highest BCUT2D eigenvalue weighted by Gasteiger charge is 2.11. The molecule has 0 saturated heterocycles. The summed E-state index contributed by atoms with van der Waals surface area (Å²) in [5.74, 6) is -1.50. The number of anilines is 1. The second-order valence-corrected chi connectivity index (χ2v) is 4.09. The molecule has 0 bridgehead atoms. The van der Waals surface area contributed by atoms with E-state index in [1.165, 1.54) is 12.1 Å². The molecule has 0 aliphatic carbocycles. The largest absolute Gasteiger partial charge is 0.508 e. The highest BCUT2D eigenvalue weighted by atomic mass is 19.1. The monoisotopic (exact) mass is 260 g/mol. The number of phenolic OH excluding ortho intramolecular Hbond substituents is 1. The molecule has 0 saturated carbocycles. The van der Waals surface area contributed by atoms with Gasteiger partial charge in [-0.05, 0) is 29.8 Å². The summed E-state index contributed by atoms with van der Waals surface area (Å²) < 4.78 is 13.4. The van der Waals surface area contributed by atoms with Crippen molar-refractivity contribution < 1.29 is 14.3 Å². The Morgan fingerprint density at radius 1 is 1.21 bits per heavy atom. The van der Waals surface area contributed by atoms with Crippen molar-refractivity contribution in [2.45, 2.75) is 6.54 Å². The number of nitrogens with two attached hydrogens (primary N) is 1. The number of rotatable bonds is 3. The molecule has 0 atom stereocenters. The molecule has 0 heterocycles. The van der Waals surface area contributed by atoms with E-state index in [-0.39, 0.29) is 17.9 Å². The van der Waals surface area contributed by atoms with E-state index in [2.05, 4.69) is 5.32 Å². The molecule has 1 amide bonds. The first-order valence-corrected chi connectivity index (χ1v) is 5.67. The van der Waals surface area contributed by atoms with Crippen LogP contribution in [0.15, 0.2) is 42.5 Å². The molecule has 0 unspecified atom stereocenters. The van der Waals surface area contributed by atoms with E-state index in [1.54, 1.807) is 24.3 Å². The summed E-state index contributed by atoms with van der Waals surface area (Å²) in [6.45, 7) is 0.277. The molecular weight excluding hydrogens is 247 g/mol. The predicted molar refractivity (Wildman–Crippen MR) is 70.1 cm³/mol. The molecule has 0 spiro atoms. The fourth-order valence-electron chi connectivity index (χ4n) is 1.60. The third-order valence-electron chi connectivity index (χ3n) is 2.63. The van der Waals surface area contributed by atoms with Gasteiger partial charge in [0.05, 0.1) is 5.56 Å². The van der Waals surface area contributed by atoms with E-state index in [1.807, 2.05) is 0 Å². The summed E-state index contributed by atoms with van der Waals surface area (Å²) in [5, 5.41) is 11.7. The van der Waals surface area contributed by atoms with E-state index >= 15 is 0 Å². The lowest BCUT2D eigenvalue weighted by molar-refractivity contribution is 0.0947. The topological polar surface area (TPSA) is 75.3 Å². The zero-order valence-corrected chi connectivity index (χ0v) is 10.1. The number of carbonyl (C=O) groups excluding carboxylic acids is 1. The number of aromatic hydroxyl groups is 1. The molecule has 19 heavy (non-hydrogen) atoms. The van der Waals surface area contributed by atoms with Gasteiger partial charge < -0.3 is 16.2 Å². The maximum absolute atomic E-state index is 13.4. The average molecular weight is 260 g/mol. The van der Waals surface area contributed by atoms with Gasteiger partial charge in [0.1, 0.15) is 11.6 Å². The molecule has 98 valence electrons. The second kappa shape index (κ2) is 5.39. The van der Waals surface area contributed by atoms with Crippen molar-refractivity contribution in [3.05, 3.63) is 59.4 Å². The van der Waals surface area contributed by atoms with Gasteiger partial charge in [-0.25, -0.2) is 4.39 Å². The van der Waals surface area contributed by atoms with Crippen LogP contribution >= 0.6 is 0 Å².